The summed E-state index contributed by atoms with van der Waals surface area (Å²) in [5.74, 6) is 0.499. The zero-order chi connectivity index (χ0) is 10.1. The number of Topliss-reactive ketones (excluding diaryl/α,β-unsaturated/α-hetero) is 1. The second-order valence-corrected chi connectivity index (χ2v) is 3.95. The van der Waals surface area contributed by atoms with Gasteiger partial charge in [0.15, 0.2) is 5.78 Å². The largest absolute Gasteiger partial charge is 0.295 e. The summed E-state index contributed by atoms with van der Waals surface area (Å²) >= 11 is 0. The van der Waals surface area contributed by atoms with Crippen molar-refractivity contribution in [2.24, 2.45) is 0 Å². The highest BCUT2D eigenvalue weighted by molar-refractivity contribution is 5.98. The maximum absolute atomic E-state index is 11.3. The van der Waals surface area contributed by atoms with E-state index < -0.39 is 0 Å². The molecule has 1 heteroatoms. The minimum atomic E-state index is 0.232. The SMILES string of the molecule is C=C1C(=O)CCC1c1ccc(C)cc1. The molecule has 1 aliphatic carbocycles. The molecule has 0 N–H and O–H groups in total. The average Bonchev–Trinajstić information content (AvgIpc) is 2.50. The Kier molecular flexibility index (Phi) is 2.24. The van der Waals surface area contributed by atoms with Crippen LogP contribution >= 0.6 is 0 Å². The first kappa shape index (κ1) is 9.20. The molecule has 0 amide bonds. The van der Waals surface area contributed by atoms with Gasteiger partial charge in [0.2, 0.25) is 0 Å². The molecule has 1 aromatic rings. The Labute approximate surface area is 84.5 Å². The van der Waals surface area contributed by atoms with Crippen molar-refractivity contribution in [2.45, 2.75) is 25.7 Å². The number of rotatable bonds is 1. The lowest BCUT2D eigenvalue weighted by Gasteiger charge is -2.10. The van der Waals surface area contributed by atoms with Gasteiger partial charge < -0.3 is 0 Å². The van der Waals surface area contributed by atoms with Crippen LogP contribution in [0.25, 0.3) is 0 Å². The quantitative estimate of drug-likeness (QED) is 0.616. The summed E-state index contributed by atoms with van der Waals surface area (Å²) in [4.78, 5) is 11.3. The third-order valence-electron chi connectivity index (χ3n) is 2.92. The van der Waals surface area contributed by atoms with Gasteiger partial charge in [0.1, 0.15) is 0 Å². The molecule has 1 aromatic carbocycles. The van der Waals surface area contributed by atoms with Gasteiger partial charge in [-0.1, -0.05) is 36.4 Å². The van der Waals surface area contributed by atoms with Gasteiger partial charge in [-0.05, 0) is 24.5 Å². The minimum Gasteiger partial charge on any atom is -0.295 e. The number of benzene rings is 1. The molecule has 1 nitrogen and oxygen atoms in total. The maximum Gasteiger partial charge on any atom is 0.158 e. The second kappa shape index (κ2) is 3.41. The van der Waals surface area contributed by atoms with Gasteiger partial charge in [0.25, 0.3) is 0 Å². The van der Waals surface area contributed by atoms with Gasteiger partial charge in [-0.2, -0.15) is 0 Å². The van der Waals surface area contributed by atoms with Gasteiger partial charge in [0.05, 0.1) is 0 Å². The van der Waals surface area contributed by atoms with Crippen LogP contribution in [0.2, 0.25) is 0 Å². The van der Waals surface area contributed by atoms with Crippen molar-refractivity contribution in [1.29, 1.82) is 0 Å². The Morgan fingerprint density at radius 1 is 1.29 bits per heavy atom. The maximum atomic E-state index is 11.3. The first-order valence-corrected chi connectivity index (χ1v) is 4.97. The lowest BCUT2D eigenvalue weighted by molar-refractivity contribution is -0.114. The number of carbonyl (C=O) groups excluding carboxylic acids is 1. The van der Waals surface area contributed by atoms with E-state index in [0.29, 0.717) is 6.42 Å². The van der Waals surface area contributed by atoms with Crippen molar-refractivity contribution in [3.8, 4) is 0 Å². The summed E-state index contributed by atoms with van der Waals surface area (Å²) in [6.45, 7) is 5.93. The van der Waals surface area contributed by atoms with Crippen molar-refractivity contribution < 1.29 is 4.79 Å². The Hall–Kier alpha value is -1.37. The number of allylic oxidation sites excluding steroid dienone is 1. The van der Waals surface area contributed by atoms with E-state index in [9.17, 15) is 4.79 Å². The highest BCUT2D eigenvalue weighted by atomic mass is 16.1. The van der Waals surface area contributed by atoms with E-state index in [-0.39, 0.29) is 11.7 Å². The summed E-state index contributed by atoms with van der Waals surface area (Å²) in [7, 11) is 0. The molecule has 72 valence electrons. The monoisotopic (exact) mass is 186 g/mol. The molecule has 0 bridgehead atoms. The highest BCUT2D eigenvalue weighted by Gasteiger charge is 2.27. The molecule has 1 atom stereocenters. The number of ketones is 1. The van der Waals surface area contributed by atoms with E-state index in [1.807, 2.05) is 0 Å². The predicted octanol–water partition coefficient (Wildman–Crippen LogP) is 3.00. The van der Waals surface area contributed by atoms with Gasteiger partial charge in [-0.25, -0.2) is 0 Å². The van der Waals surface area contributed by atoms with Crippen molar-refractivity contribution in [3.63, 3.8) is 0 Å². The minimum absolute atomic E-state index is 0.232. The number of hydrogen-bond acceptors (Lipinski definition) is 1. The predicted molar refractivity (Wildman–Crippen MR) is 57.3 cm³/mol. The van der Waals surface area contributed by atoms with E-state index in [1.165, 1.54) is 11.1 Å². The first-order chi connectivity index (χ1) is 6.68. The Bertz CT molecular complexity index is 373. The van der Waals surface area contributed by atoms with E-state index in [4.69, 9.17) is 0 Å². The van der Waals surface area contributed by atoms with Crippen LogP contribution in [0.4, 0.5) is 0 Å². The van der Waals surface area contributed by atoms with Crippen LogP contribution in [0.15, 0.2) is 36.4 Å². The molecule has 0 aromatic heterocycles. The molecule has 0 aliphatic heterocycles. The van der Waals surface area contributed by atoms with E-state index in [1.54, 1.807) is 0 Å². The zero-order valence-electron chi connectivity index (χ0n) is 8.42. The average molecular weight is 186 g/mol. The molecule has 0 heterocycles. The van der Waals surface area contributed by atoms with Crippen LogP contribution in [-0.4, -0.2) is 5.78 Å². The van der Waals surface area contributed by atoms with E-state index >= 15 is 0 Å². The molecule has 2 rings (SSSR count). The van der Waals surface area contributed by atoms with E-state index in [2.05, 4.69) is 37.8 Å². The summed E-state index contributed by atoms with van der Waals surface area (Å²) in [6, 6.07) is 8.38. The fraction of sp³-hybridized carbons (Fsp3) is 0.308. The van der Waals surface area contributed by atoms with Crippen molar-refractivity contribution >= 4 is 5.78 Å². The normalized spacial score (nSPS) is 21.6. The van der Waals surface area contributed by atoms with Gasteiger partial charge in [-0.3, -0.25) is 4.79 Å². The second-order valence-electron chi connectivity index (χ2n) is 3.95. The number of hydrogen-bond donors (Lipinski definition) is 0. The first-order valence-electron chi connectivity index (χ1n) is 4.97. The third-order valence-corrected chi connectivity index (χ3v) is 2.92. The van der Waals surface area contributed by atoms with E-state index in [0.717, 1.165) is 12.0 Å². The van der Waals surface area contributed by atoms with Crippen molar-refractivity contribution in [2.75, 3.05) is 0 Å². The van der Waals surface area contributed by atoms with Gasteiger partial charge >= 0.3 is 0 Å². The van der Waals surface area contributed by atoms with Crippen LogP contribution in [0.5, 0.6) is 0 Å². The molecule has 14 heavy (non-hydrogen) atoms. The molecule has 1 unspecified atom stereocenters. The topological polar surface area (TPSA) is 17.1 Å². The van der Waals surface area contributed by atoms with Crippen LogP contribution in [0, 0.1) is 6.92 Å². The summed E-state index contributed by atoms with van der Waals surface area (Å²) in [5.41, 5.74) is 3.27. The standard InChI is InChI=1S/C13H14O/c1-9-3-5-11(6-4-9)12-7-8-13(14)10(12)2/h3-6,12H,2,7-8H2,1H3. The fourth-order valence-corrected chi connectivity index (χ4v) is 1.97. The molecule has 0 radical (unpaired) electrons. The van der Waals surface area contributed by atoms with Gasteiger partial charge in [-0.15, -0.1) is 0 Å². The molecule has 1 fully saturated rings. The lowest BCUT2D eigenvalue weighted by atomic mass is 9.94. The third kappa shape index (κ3) is 1.50. The Morgan fingerprint density at radius 2 is 1.93 bits per heavy atom. The highest BCUT2D eigenvalue weighted by Crippen LogP contribution is 2.35. The zero-order valence-corrected chi connectivity index (χ0v) is 8.42. The summed E-state index contributed by atoms with van der Waals surface area (Å²) < 4.78 is 0. The van der Waals surface area contributed by atoms with Crippen molar-refractivity contribution in [3.05, 3.63) is 47.5 Å². The summed E-state index contributed by atoms with van der Waals surface area (Å²) in [5, 5.41) is 0. The molecular formula is C13H14O. The Balaban J connectivity index is 2.28. The van der Waals surface area contributed by atoms with Crippen LogP contribution in [0.1, 0.15) is 29.9 Å². The van der Waals surface area contributed by atoms with Crippen LogP contribution in [-0.2, 0) is 4.79 Å². The molecular weight excluding hydrogens is 172 g/mol. The molecule has 0 spiro atoms. The van der Waals surface area contributed by atoms with Crippen molar-refractivity contribution in [1.82, 2.24) is 0 Å². The molecule has 0 saturated heterocycles. The molecule has 1 aliphatic rings. The number of aryl methyl sites for hydroxylation is 1. The molecule has 1 saturated carbocycles. The van der Waals surface area contributed by atoms with Crippen LogP contribution in [0.3, 0.4) is 0 Å². The number of carbonyl (C=O) groups is 1. The smallest absolute Gasteiger partial charge is 0.158 e. The van der Waals surface area contributed by atoms with Gasteiger partial charge in [0, 0.05) is 12.3 Å². The lowest BCUT2D eigenvalue weighted by Crippen LogP contribution is -1.98. The summed E-state index contributed by atoms with van der Waals surface area (Å²) in [6.07, 6.45) is 1.60. The van der Waals surface area contributed by atoms with Crippen LogP contribution < -0.4 is 0 Å². The Morgan fingerprint density at radius 3 is 2.43 bits per heavy atom. The fourth-order valence-electron chi connectivity index (χ4n) is 1.97.